The Labute approximate surface area is 249 Å². The quantitative estimate of drug-likeness (QED) is 0.285. The van der Waals surface area contributed by atoms with E-state index in [2.05, 4.69) is 31.8 Å². The van der Waals surface area contributed by atoms with E-state index in [4.69, 9.17) is 15.0 Å². The maximum atomic E-state index is 14.4. The lowest BCUT2D eigenvalue weighted by atomic mass is 10.1. The summed E-state index contributed by atoms with van der Waals surface area (Å²) in [4.78, 5) is 21.7. The maximum Gasteiger partial charge on any atom is 0.335 e. The van der Waals surface area contributed by atoms with Gasteiger partial charge in [-0.1, -0.05) is 12.1 Å². The second-order valence-electron chi connectivity index (χ2n) is 11.7. The van der Waals surface area contributed by atoms with Crippen molar-refractivity contribution in [2.75, 3.05) is 29.9 Å². The van der Waals surface area contributed by atoms with Crippen LogP contribution in [0.2, 0.25) is 0 Å². The van der Waals surface area contributed by atoms with Gasteiger partial charge in [-0.25, -0.2) is 14.2 Å². The lowest BCUT2D eigenvalue weighted by Crippen LogP contribution is -2.53. The van der Waals surface area contributed by atoms with Crippen LogP contribution in [0, 0.1) is 17.1 Å². The highest BCUT2D eigenvalue weighted by Gasteiger charge is 2.40. The Kier molecular flexibility index (Phi) is 7.21. The Bertz CT molecular complexity index is 1710. The number of aromatic carboxylic acids is 1. The van der Waals surface area contributed by atoms with Gasteiger partial charge in [0, 0.05) is 55.3 Å². The van der Waals surface area contributed by atoms with Crippen LogP contribution in [0.15, 0.2) is 60.7 Å². The highest BCUT2D eigenvalue weighted by atomic mass is 19.1. The van der Waals surface area contributed by atoms with E-state index in [1.54, 1.807) is 24.3 Å². The number of nitrogens with zero attached hydrogens (tertiary/aromatic N) is 5. The Morgan fingerprint density at radius 2 is 1.91 bits per heavy atom. The van der Waals surface area contributed by atoms with Crippen molar-refractivity contribution in [2.45, 2.75) is 57.1 Å². The fourth-order valence-corrected chi connectivity index (χ4v) is 6.65. The number of carbonyl (C=O) groups is 1. The minimum Gasteiger partial charge on any atom is -0.478 e. The van der Waals surface area contributed by atoms with Crippen molar-refractivity contribution in [3.63, 3.8) is 0 Å². The van der Waals surface area contributed by atoms with Crippen LogP contribution in [-0.4, -0.2) is 63.4 Å². The third kappa shape index (κ3) is 5.42. The van der Waals surface area contributed by atoms with Gasteiger partial charge >= 0.3 is 5.97 Å². The van der Waals surface area contributed by atoms with Crippen molar-refractivity contribution in [1.29, 1.82) is 5.26 Å². The number of anilines is 2. The summed E-state index contributed by atoms with van der Waals surface area (Å²) < 4.78 is 22.3. The number of rotatable bonds is 9. The summed E-state index contributed by atoms with van der Waals surface area (Å²) >= 11 is 0. The number of imidazole rings is 1. The Morgan fingerprint density at radius 3 is 2.60 bits per heavy atom. The molecule has 0 radical (unpaired) electrons. The van der Waals surface area contributed by atoms with Gasteiger partial charge in [-0.3, -0.25) is 4.90 Å². The van der Waals surface area contributed by atoms with Gasteiger partial charge in [0.1, 0.15) is 11.6 Å². The first-order chi connectivity index (χ1) is 20.9. The number of fused-ring (bicyclic) bond motifs is 3. The summed E-state index contributed by atoms with van der Waals surface area (Å²) in [6.07, 6.45) is 3.36. The first-order valence-corrected chi connectivity index (χ1v) is 14.8. The number of benzene rings is 3. The lowest BCUT2D eigenvalue weighted by Gasteiger charge is -2.42. The van der Waals surface area contributed by atoms with Gasteiger partial charge < -0.3 is 24.6 Å². The van der Waals surface area contributed by atoms with Crippen LogP contribution in [0.5, 0.6) is 0 Å². The van der Waals surface area contributed by atoms with E-state index < -0.39 is 5.97 Å². The summed E-state index contributed by atoms with van der Waals surface area (Å²) in [7, 11) is 0. The minimum absolute atomic E-state index is 0.132. The molecular weight excluding hydrogens is 547 g/mol. The molecule has 2 unspecified atom stereocenters. The highest BCUT2D eigenvalue weighted by molar-refractivity contribution is 5.92. The molecule has 2 bridgehead atoms. The number of nitriles is 1. The molecule has 3 atom stereocenters. The van der Waals surface area contributed by atoms with Crippen molar-refractivity contribution in [3.8, 4) is 6.07 Å². The van der Waals surface area contributed by atoms with E-state index in [1.807, 2.05) is 24.3 Å². The number of carboxylic acid groups (broad SMARTS) is 1. The molecule has 3 aromatic carbocycles. The second kappa shape index (κ2) is 11.3. The number of hydrogen-bond acceptors (Lipinski definition) is 7. The fraction of sp³-hybridized carbons (Fsp3) is 0.364. The van der Waals surface area contributed by atoms with Crippen LogP contribution < -0.4 is 10.2 Å². The Balaban J connectivity index is 1.06. The minimum atomic E-state index is -0.939. The molecule has 0 spiro atoms. The summed E-state index contributed by atoms with van der Waals surface area (Å²) in [6, 6.07) is 20.7. The third-order valence-electron chi connectivity index (χ3n) is 9.09. The first-order valence-electron chi connectivity index (χ1n) is 14.8. The molecule has 9 nitrogen and oxygen atoms in total. The molecule has 0 aliphatic carbocycles. The summed E-state index contributed by atoms with van der Waals surface area (Å²) in [5, 5.41) is 21.9. The third-order valence-corrected chi connectivity index (χ3v) is 9.09. The standard InChI is InChI=1S/C33H33FN6O3/c34-29-12-21(15-35)4-5-23(29)16-36-24-2-1-3-25(14-24)38-17-26-7-8-27(18-38)39(26)20-32-37-30-9-6-22(33(41)42)13-31(30)40(32)19-28-10-11-43-28/h1-6,9,12-14,26-28,36H,7-8,10-11,16-20H2,(H,41,42)/t26?,27?,28-/m0/s1. The SMILES string of the molecule is N#Cc1ccc(CNc2cccc(N3CC4CCC(C3)N4Cc3nc4ccc(C(=O)O)cc4n3C[C@@H]3CCO3)c2)c(F)c1. The summed E-state index contributed by atoms with van der Waals surface area (Å²) in [6.45, 7) is 4.29. The zero-order valence-corrected chi connectivity index (χ0v) is 23.7. The average molecular weight is 581 g/mol. The number of carboxylic acids is 1. The van der Waals surface area contributed by atoms with Crippen molar-refractivity contribution < 1.29 is 19.0 Å². The number of ether oxygens (including phenoxy) is 1. The molecule has 4 heterocycles. The monoisotopic (exact) mass is 580 g/mol. The van der Waals surface area contributed by atoms with Crippen molar-refractivity contribution >= 4 is 28.4 Å². The largest absolute Gasteiger partial charge is 0.478 e. The van der Waals surface area contributed by atoms with Gasteiger partial charge in [-0.15, -0.1) is 0 Å². The molecule has 0 amide bonds. The van der Waals surface area contributed by atoms with Gasteiger partial charge in [0.2, 0.25) is 0 Å². The van der Waals surface area contributed by atoms with E-state index in [-0.39, 0.29) is 17.5 Å². The number of nitrogens with one attached hydrogen (secondary N) is 1. The molecule has 3 aliphatic heterocycles. The molecule has 0 saturated carbocycles. The molecule has 3 aliphatic rings. The van der Waals surface area contributed by atoms with E-state index in [0.717, 1.165) is 67.2 Å². The van der Waals surface area contributed by atoms with E-state index >= 15 is 0 Å². The Hall–Kier alpha value is -4.46. The van der Waals surface area contributed by atoms with Crippen molar-refractivity contribution in [1.82, 2.24) is 14.5 Å². The predicted octanol–water partition coefficient (Wildman–Crippen LogP) is 5.00. The van der Waals surface area contributed by atoms with Crippen LogP contribution in [0.4, 0.5) is 15.8 Å². The van der Waals surface area contributed by atoms with Gasteiger partial charge in [-0.05, 0) is 67.8 Å². The Morgan fingerprint density at radius 1 is 1.09 bits per heavy atom. The fourth-order valence-electron chi connectivity index (χ4n) is 6.65. The first kappa shape index (κ1) is 27.4. The molecule has 3 saturated heterocycles. The molecule has 7 rings (SSSR count). The van der Waals surface area contributed by atoms with Gasteiger partial charge in [-0.2, -0.15) is 5.26 Å². The smallest absolute Gasteiger partial charge is 0.335 e. The van der Waals surface area contributed by atoms with Crippen LogP contribution in [0.3, 0.4) is 0 Å². The number of halogens is 1. The highest BCUT2D eigenvalue weighted by Crippen LogP contribution is 2.35. The van der Waals surface area contributed by atoms with Crippen molar-refractivity contribution in [2.24, 2.45) is 0 Å². The summed E-state index contributed by atoms with van der Waals surface area (Å²) in [5.74, 6) is -0.364. The van der Waals surface area contributed by atoms with Crippen LogP contribution >= 0.6 is 0 Å². The van der Waals surface area contributed by atoms with Crippen LogP contribution in [-0.2, 0) is 24.4 Å². The number of piperazine rings is 1. The maximum absolute atomic E-state index is 14.4. The van der Waals surface area contributed by atoms with Gasteiger partial charge in [0.05, 0.1) is 47.4 Å². The second-order valence-corrected chi connectivity index (χ2v) is 11.7. The molecule has 3 fully saturated rings. The topological polar surface area (TPSA) is 107 Å². The number of aromatic nitrogens is 2. The van der Waals surface area contributed by atoms with Gasteiger partial charge in [0.15, 0.2) is 0 Å². The zero-order valence-electron chi connectivity index (χ0n) is 23.7. The molecular formula is C33H33FN6O3. The average Bonchev–Trinajstić information content (AvgIpc) is 3.44. The predicted molar refractivity (Wildman–Crippen MR) is 160 cm³/mol. The zero-order chi connectivity index (χ0) is 29.5. The molecule has 4 aromatic rings. The van der Waals surface area contributed by atoms with Crippen LogP contribution in [0.25, 0.3) is 11.0 Å². The molecule has 1 aromatic heterocycles. The molecule has 220 valence electrons. The lowest BCUT2D eigenvalue weighted by molar-refractivity contribution is -0.0592. The number of hydrogen-bond donors (Lipinski definition) is 2. The van der Waals surface area contributed by atoms with E-state index in [1.165, 1.54) is 6.07 Å². The van der Waals surface area contributed by atoms with Crippen molar-refractivity contribution in [3.05, 3.63) is 89.0 Å². The molecule has 43 heavy (non-hydrogen) atoms. The van der Waals surface area contributed by atoms with E-state index in [9.17, 15) is 14.3 Å². The molecule has 10 heteroatoms. The van der Waals surface area contributed by atoms with Crippen LogP contribution in [0.1, 0.15) is 46.6 Å². The normalized spacial score (nSPS) is 21.5. The van der Waals surface area contributed by atoms with Gasteiger partial charge in [0.25, 0.3) is 0 Å². The molecule has 2 N–H and O–H groups in total. The summed E-state index contributed by atoms with van der Waals surface area (Å²) in [5.41, 5.74) is 4.82. The van der Waals surface area contributed by atoms with E-state index in [0.29, 0.717) is 42.8 Å².